The third-order valence-corrected chi connectivity index (χ3v) is 3.44. The highest BCUT2D eigenvalue weighted by molar-refractivity contribution is 5.54. The molecule has 1 aliphatic rings. The van der Waals surface area contributed by atoms with Crippen molar-refractivity contribution in [2.45, 2.75) is 19.4 Å². The Bertz CT molecular complexity index is 422. The third kappa shape index (κ3) is 2.24. The van der Waals surface area contributed by atoms with Crippen molar-refractivity contribution in [3.05, 3.63) is 34.4 Å². The van der Waals surface area contributed by atoms with Crippen LogP contribution in [0.2, 0.25) is 0 Å². The van der Waals surface area contributed by atoms with Gasteiger partial charge in [-0.25, -0.2) is 0 Å². The van der Waals surface area contributed by atoms with Gasteiger partial charge in [0.05, 0.1) is 17.6 Å². The summed E-state index contributed by atoms with van der Waals surface area (Å²) in [5.41, 5.74) is 0.918. The predicted octanol–water partition coefficient (Wildman–Crippen LogP) is 1.80. The molecular weight excluding hydrogens is 220 g/mol. The van der Waals surface area contributed by atoms with Crippen LogP contribution < -0.4 is 4.90 Å². The Labute approximate surface area is 99.8 Å². The van der Waals surface area contributed by atoms with Crippen LogP contribution in [-0.2, 0) is 0 Å². The molecule has 0 bridgehead atoms. The van der Waals surface area contributed by atoms with E-state index in [1.807, 2.05) is 6.07 Å². The summed E-state index contributed by atoms with van der Waals surface area (Å²) in [6.45, 7) is 3.02. The van der Waals surface area contributed by atoms with Gasteiger partial charge in [0, 0.05) is 24.4 Å². The number of benzene rings is 1. The normalized spacial score (nSPS) is 24.0. The highest BCUT2D eigenvalue weighted by Crippen LogP contribution is 2.31. The largest absolute Gasteiger partial charge is 0.394 e. The van der Waals surface area contributed by atoms with Gasteiger partial charge in [0.25, 0.3) is 5.69 Å². The molecule has 0 radical (unpaired) electrons. The molecule has 17 heavy (non-hydrogen) atoms. The zero-order valence-corrected chi connectivity index (χ0v) is 9.74. The molecule has 0 saturated carbocycles. The van der Waals surface area contributed by atoms with Crippen LogP contribution in [0.3, 0.4) is 0 Å². The lowest BCUT2D eigenvalue weighted by molar-refractivity contribution is -0.384. The maximum absolute atomic E-state index is 10.7. The maximum atomic E-state index is 10.7. The average Bonchev–Trinajstić information content (AvgIpc) is 2.70. The second-order valence-electron chi connectivity index (χ2n) is 4.49. The summed E-state index contributed by atoms with van der Waals surface area (Å²) in [4.78, 5) is 12.4. The van der Waals surface area contributed by atoms with E-state index in [-0.39, 0.29) is 18.3 Å². The van der Waals surface area contributed by atoms with E-state index in [2.05, 4.69) is 11.8 Å². The monoisotopic (exact) mass is 236 g/mol. The molecular formula is C12H16N2O3. The van der Waals surface area contributed by atoms with Crippen LogP contribution in [0.15, 0.2) is 24.3 Å². The van der Waals surface area contributed by atoms with Crippen molar-refractivity contribution in [2.24, 2.45) is 5.92 Å². The Hall–Kier alpha value is -1.62. The van der Waals surface area contributed by atoms with E-state index >= 15 is 0 Å². The molecule has 1 fully saturated rings. The Morgan fingerprint density at radius 3 is 3.00 bits per heavy atom. The van der Waals surface area contributed by atoms with E-state index in [1.165, 1.54) is 6.07 Å². The Morgan fingerprint density at radius 1 is 1.59 bits per heavy atom. The number of aliphatic hydroxyl groups is 1. The van der Waals surface area contributed by atoms with Gasteiger partial charge in [-0.05, 0) is 18.4 Å². The lowest BCUT2D eigenvalue weighted by Crippen LogP contribution is -2.35. The number of hydrogen-bond donors (Lipinski definition) is 1. The van der Waals surface area contributed by atoms with Crippen molar-refractivity contribution in [1.82, 2.24) is 0 Å². The predicted molar refractivity (Wildman–Crippen MR) is 65.1 cm³/mol. The van der Waals surface area contributed by atoms with Crippen LogP contribution in [0, 0.1) is 16.0 Å². The molecule has 2 atom stereocenters. The van der Waals surface area contributed by atoms with Gasteiger partial charge in [-0.3, -0.25) is 10.1 Å². The highest BCUT2D eigenvalue weighted by Gasteiger charge is 2.31. The van der Waals surface area contributed by atoms with Crippen LogP contribution in [0.5, 0.6) is 0 Å². The molecule has 0 aromatic heterocycles. The molecule has 2 rings (SSSR count). The van der Waals surface area contributed by atoms with Crippen LogP contribution >= 0.6 is 0 Å². The molecule has 5 nitrogen and oxygen atoms in total. The number of anilines is 1. The second-order valence-corrected chi connectivity index (χ2v) is 4.49. The summed E-state index contributed by atoms with van der Waals surface area (Å²) in [7, 11) is 0. The summed E-state index contributed by atoms with van der Waals surface area (Å²) in [5.74, 6) is 0.416. The van der Waals surface area contributed by atoms with Gasteiger partial charge in [-0.15, -0.1) is 0 Å². The molecule has 5 heteroatoms. The molecule has 1 saturated heterocycles. The molecule has 0 spiro atoms. The second kappa shape index (κ2) is 4.71. The van der Waals surface area contributed by atoms with E-state index in [1.54, 1.807) is 12.1 Å². The minimum Gasteiger partial charge on any atom is -0.394 e. The number of nitrogens with zero attached hydrogens (tertiary/aromatic N) is 2. The van der Waals surface area contributed by atoms with Gasteiger partial charge in [0.15, 0.2) is 0 Å². The summed E-state index contributed by atoms with van der Waals surface area (Å²) in [6, 6.07) is 6.66. The number of hydrogen-bond acceptors (Lipinski definition) is 4. The molecule has 1 aliphatic heterocycles. The number of rotatable bonds is 3. The highest BCUT2D eigenvalue weighted by atomic mass is 16.6. The third-order valence-electron chi connectivity index (χ3n) is 3.44. The van der Waals surface area contributed by atoms with Crippen molar-refractivity contribution in [1.29, 1.82) is 0 Å². The fraction of sp³-hybridized carbons (Fsp3) is 0.500. The summed E-state index contributed by atoms with van der Waals surface area (Å²) in [6.07, 6.45) is 1.01. The molecule has 1 heterocycles. The zero-order chi connectivity index (χ0) is 12.4. The lowest BCUT2D eigenvalue weighted by atomic mass is 10.0. The van der Waals surface area contributed by atoms with Crippen LogP contribution in [0.4, 0.5) is 11.4 Å². The number of non-ortho nitro benzene ring substituents is 1. The van der Waals surface area contributed by atoms with Crippen molar-refractivity contribution >= 4 is 11.4 Å². The fourth-order valence-corrected chi connectivity index (χ4v) is 2.39. The topological polar surface area (TPSA) is 66.6 Å². The number of nitro benzene ring substituents is 1. The minimum absolute atomic E-state index is 0.0667. The lowest BCUT2D eigenvalue weighted by Gasteiger charge is -2.27. The van der Waals surface area contributed by atoms with Gasteiger partial charge in [-0.1, -0.05) is 13.0 Å². The Balaban J connectivity index is 2.28. The van der Waals surface area contributed by atoms with E-state index in [0.29, 0.717) is 5.92 Å². The van der Waals surface area contributed by atoms with E-state index in [9.17, 15) is 15.2 Å². The molecule has 1 N–H and O–H groups in total. The van der Waals surface area contributed by atoms with Crippen molar-refractivity contribution in [3.8, 4) is 0 Å². The van der Waals surface area contributed by atoms with Crippen LogP contribution in [0.1, 0.15) is 13.3 Å². The molecule has 2 unspecified atom stereocenters. The average molecular weight is 236 g/mol. The van der Waals surface area contributed by atoms with Gasteiger partial charge in [0.1, 0.15) is 0 Å². The zero-order valence-electron chi connectivity index (χ0n) is 9.74. The van der Waals surface area contributed by atoms with Crippen molar-refractivity contribution in [3.63, 3.8) is 0 Å². The first-order valence-corrected chi connectivity index (χ1v) is 5.75. The quantitative estimate of drug-likeness (QED) is 0.642. The maximum Gasteiger partial charge on any atom is 0.271 e. The summed E-state index contributed by atoms with van der Waals surface area (Å²) >= 11 is 0. The SMILES string of the molecule is CC1CCN(c2cccc([N+](=O)[O-])c2)C1CO. The molecule has 1 aromatic rings. The Kier molecular flexibility index (Phi) is 3.28. The standard InChI is InChI=1S/C12H16N2O3/c1-9-5-6-13(12(9)8-15)10-3-2-4-11(7-10)14(16)17/h2-4,7,9,12,15H,5-6,8H2,1H3. The van der Waals surface area contributed by atoms with Crippen molar-refractivity contribution < 1.29 is 10.0 Å². The first-order valence-electron chi connectivity index (χ1n) is 5.75. The van der Waals surface area contributed by atoms with Gasteiger partial charge in [0.2, 0.25) is 0 Å². The minimum atomic E-state index is -0.392. The van der Waals surface area contributed by atoms with Crippen molar-refractivity contribution in [2.75, 3.05) is 18.1 Å². The summed E-state index contributed by atoms with van der Waals surface area (Å²) in [5, 5.41) is 20.1. The first kappa shape index (κ1) is 11.9. The first-order chi connectivity index (χ1) is 8.13. The molecule has 0 aliphatic carbocycles. The summed E-state index contributed by atoms with van der Waals surface area (Å²) < 4.78 is 0. The van der Waals surface area contributed by atoms with E-state index in [4.69, 9.17) is 0 Å². The number of aliphatic hydroxyl groups excluding tert-OH is 1. The van der Waals surface area contributed by atoms with Crippen LogP contribution in [0.25, 0.3) is 0 Å². The number of nitro groups is 1. The van der Waals surface area contributed by atoms with Crippen LogP contribution in [-0.4, -0.2) is 29.2 Å². The van der Waals surface area contributed by atoms with E-state index in [0.717, 1.165) is 18.7 Å². The fourth-order valence-electron chi connectivity index (χ4n) is 2.39. The molecule has 1 aromatic carbocycles. The van der Waals surface area contributed by atoms with E-state index < -0.39 is 4.92 Å². The molecule has 92 valence electrons. The van der Waals surface area contributed by atoms with Gasteiger partial charge < -0.3 is 10.0 Å². The molecule has 0 amide bonds. The smallest absolute Gasteiger partial charge is 0.271 e. The Morgan fingerprint density at radius 2 is 2.35 bits per heavy atom. The van der Waals surface area contributed by atoms with Gasteiger partial charge in [-0.2, -0.15) is 0 Å². The van der Waals surface area contributed by atoms with Gasteiger partial charge >= 0.3 is 0 Å².